The number of anilines is 1. The van der Waals surface area contributed by atoms with E-state index in [1.54, 1.807) is 15.3 Å². The Hall–Kier alpha value is -3.39. The topological polar surface area (TPSA) is 81.8 Å². The number of aromatic nitrogens is 4. The highest BCUT2D eigenvalue weighted by Gasteiger charge is 2.22. The van der Waals surface area contributed by atoms with E-state index in [4.69, 9.17) is 4.98 Å². The SMILES string of the molecule is Cc1ccc(-n2c(SC(C)C(=O)Nc3c(C)nn(C)c3C)nc3ccccc3c2=O)cc1. The maximum Gasteiger partial charge on any atom is 0.266 e. The molecule has 0 aliphatic carbocycles. The number of carbonyl (C=O) groups excluding carboxylic acids is 1. The summed E-state index contributed by atoms with van der Waals surface area (Å²) in [7, 11) is 1.84. The molecule has 8 heteroatoms. The van der Waals surface area contributed by atoms with Gasteiger partial charge in [-0.25, -0.2) is 4.98 Å². The smallest absolute Gasteiger partial charge is 0.266 e. The minimum atomic E-state index is -0.487. The number of thioether (sulfide) groups is 1. The second-order valence-corrected chi connectivity index (χ2v) is 9.11. The van der Waals surface area contributed by atoms with Crippen LogP contribution in [0.5, 0.6) is 0 Å². The fraction of sp³-hybridized carbons (Fsp3) is 0.250. The molecule has 0 saturated heterocycles. The van der Waals surface area contributed by atoms with Gasteiger partial charge in [0.1, 0.15) is 0 Å². The molecular formula is C24H25N5O2S. The number of carbonyl (C=O) groups is 1. The van der Waals surface area contributed by atoms with E-state index in [0.29, 0.717) is 27.4 Å². The van der Waals surface area contributed by atoms with Crippen LogP contribution in [0.2, 0.25) is 0 Å². The molecule has 164 valence electrons. The molecular weight excluding hydrogens is 422 g/mol. The fourth-order valence-electron chi connectivity index (χ4n) is 3.50. The van der Waals surface area contributed by atoms with Crippen molar-refractivity contribution in [2.75, 3.05) is 5.32 Å². The highest BCUT2D eigenvalue weighted by molar-refractivity contribution is 8.00. The third-order valence-electron chi connectivity index (χ3n) is 5.45. The Morgan fingerprint density at radius 2 is 1.75 bits per heavy atom. The van der Waals surface area contributed by atoms with E-state index in [1.807, 2.05) is 77.2 Å². The molecule has 4 rings (SSSR count). The molecule has 2 aromatic carbocycles. The van der Waals surface area contributed by atoms with Crippen molar-refractivity contribution in [2.24, 2.45) is 7.05 Å². The monoisotopic (exact) mass is 447 g/mol. The third-order valence-corrected chi connectivity index (χ3v) is 6.50. The number of fused-ring (bicyclic) bond motifs is 1. The molecule has 2 heterocycles. The number of para-hydroxylation sites is 1. The van der Waals surface area contributed by atoms with Crippen molar-refractivity contribution in [3.8, 4) is 5.69 Å². The first-order valence-corrected chi connectivity index (χ1v) is 11.2. The molecule has 4 aromatic rings. The molecule has 0 fully saturated rings. The second-order valence-electron chi connectivity index (χ2n) is 7.81. The Labute approximate surface area is 190 Å². The van der Waals surface area contributed by atoms with Crippen LogP contribution in [-0.2, 0) is 11.8 Å². The summed E-state index contributed by atoms with van der Waals surface area (Å²) in [6.45, 7) is 7.57. The zero-order valence-corrected chi connectivity index (χ0v) is 19.5. The Kier molecular flexibility index (Phi) is 5.88. The van der Waals surface area contributed by atoms with Crippen molar-refractivity contribution in [3.05, 3.63) is 75.8 Å². The summed E-state index contributed by atoms with van der Waals surface area (Å²) < 4.78 is 3.32. The first kappa shape index (κ1) is 21.8. The average molecular weight is 448 g/mol. The van der Waals surface area contributed by atoms with E-state index in [-0.39, 0.29) is 11.5 Å². The van der Waals surface area contributed by atoms with Crippen LogP contribution in [-0.4, -0.2) is 30.5 Å². The quantitative estimate of drug-likeness (QED) is 0.367. The van der Waals surface area contributed by atoms with Crippen molar-refractivity contribution in [2.45, 2.75) is 38.1 Å². The van der Waals surface area contributed by atoms with Gasteiger partial charge in [-0.2, -0.15) is 5.10 Å². The molecule has 1 N–H and O–H groups in total. The average Bonchev–Trinajstić information content (AvgIpc) is 3.01. The lowest BCUT2D eigenvalue weighted by Crippen LogP contribution is -2.26. The summed E-state index contributed by atoms with van der Waals surface area (Å²) in [4.78, 5) is 31.1. The standard InChI is InChI=1S/C24H25N5O2S/c1-14-10-12-18(13-11-14)29-23(31)19-8-6-7-9-20(19)25-24(29)32-17(4)22(30)26-21-15(2)27-28(5)16(21)3/h6-13,17H,1-5H3,(H,26,30). The maximum absolute atomic E-state index is 13.4. The van der Waals surface area contributed by atoms with E-state index in [2.05, 4.69) is 10.4 Å². The molecule has 0 bridgehead atoms. The van der Waals surface area contributed by atoms with Crippen molar-refractivity contribution >= 4 is 34.3 Å². The molecule has 32 heavy (non-hydrogen) atoms. The highest BCUT2D eigenvalue weighted by Crippen LogP contribution is 2.27. The van der Waals surface area contributed by atoms with Gasteiger partial charge >= 0.3 is 0 Å². The van der Waals surface area contributed by atoms with Crippen molar-refractivity contribution in [3.63, 3.8) is 0 Å². The summed E-state index contributed by atoms with van der Waals surface area (Å²) >= 11 is 1.26. The summed E-state index contributed by atoms with van der Waals surface area (Å²) in [5.74, 6) is -0.174. The summed E-state index contributed by atoms with van der Waals surface area (Å²) in [5, 5.41) is 7.85. The number of nitrogens with one attached hydrogen (secondary N) is 1. The minimum absolute atomic E-state index is 0.159. The summed E-state index contributed by atoms with van der Waals surface area (Å²) in [5.41, 5.74) is 4.62. The van der Waals surface area contributed by atoms with E-state index in [1.165, 1.54) is 11.8 Å². The van der Waals surface area contributed by atoms with Crippen LogP contribution in [0.3, 0.4) is 0 Å². The Morgan fingerprint density at radius 3 is 2.41 bits per heavy atom. The lowest BCUT2D eigenvalue weighted by Gasteiger charge is -2.17. The Balaban J connectivity index is 1.73. The van der Waals surface area contributed by atoms with Gasteiger partial charge in [-0.1, -0.05) is 41.6 Å². The van der Waals surface area contributed by atoms with Crippen molar-refractivity contribution < 1.29 is 4.79 Å². The number of hydrogen-bond donors (Lipinski definition) is 1. The van der Waals surface area contributed by atoms with Gasteiger partial charge in [0.05, 0.1) is 38.9 Å². The molecule has 0 spiro atoms. The van der Waals surface area contributed by atoms with Gasteiger partial charge in [0.2, 0.25) is 5.91 Å². The van der Waals surface area contributed by atoms with Crippen molar-refractivity contribution in [1.82, 2.24) is 19.3 Å². The predicted octanol–water partition coefficient (Wildman–Crippen LogP) is 4.16. The van der Waals surface area contributed by atoms with E-state index >= 15 is 0 Å². The minimum Gasteiger partial charge on any atom is -0.322 e. The van der Waals surface area contributed by atoms with Gasteiger partial charge in [-0.3, -0.25) is 18.8 Å². The Morgan fingerprint density at radius 1 is 1.06 bits per heavy atom. The second kappa shape index (κ2) is 8.63. The van der Waals surface area contributed by atoms with Crippen LogP contribution < -0.4 is 10.9 Å². The number of hydrogen-bond acceptors (Lipinski definition) is 5. The van der Waals surface area contributed by atoms with E-state index in [9.17, 15) is 9.59 Å². The van der Waals surface area contributed by atoms with Gasteiger partial charge in [0.15, 0.2) is 5.16 Å². The van der Waals surface area contributed by atoms with Crippen molar-refractivity contribution in [1.29, 1.82) is 0 Å². The first-order valence-electron chi connectivity index (χ1n) is 10.3. The molecule has 2 aromatic heterocycles. The molecule has 0 radical (unpaired) electrons. The highest BCUT2D eigenvalue weighted by atomic mass is 32.2. The van der Waals surface area contributed by atoms with Gasteiger partial charge in [-0.05, 0) is 52.0 Å². The predicted molar refractivity (Wildman–Crippen MR) is 129 cm³/mol. The number of rotatable bonds is 5. The summed E-state index contributed by atoms with van der Waals surface area (Å²) in [6, 6.07) is 15.0. The van der Waals surface area contributed by atoms with Crippen LogP contribution in [0.1, 0.15) is 23.9 Å². The van der Waals surface area contributed by atoms with Gasteiger partial charge in [-0.15, -0.1) is 0 Å². The molecule has 1 amide bonds. The Bertz CT molecular complexity index is 1370. The molecule has 7 nitrogen and oxygen atoms in total. The lowest BCUT2D eigenvalue weighted by atomic mass is 10.2. The van der Waals surface area contributed by atoms with Crippen LogP contribution in [0, 0.1) is 20.8 Å². The first-order chi connectivity index (χ1) is 15.3. The van der Waals surface area contributed by atoms with E-state index in [0.717, 1.165) is 17.0 Å². The fourth-order valence-corrected chi connectivity index (χ4v) is 4.43. The van der Waals surface area contributed by atoms with E-state index < -0.39 is 5.25 Å². The molecule has 1 unspecified atom stereocenters. The van der Waals surface area contributed by atoms with Crippen LogP contribution in [0.25, 0.3) is 16.6 Å². The molecule has 1 atom stereocenters. The van der Waals surface area contributed by atoms with Crippen LogP contribution >= 0.6 is 11.8 Å². The van der Waals surface area contributed by atoms with Gasteiger partial charge < -0.3 is 5.32 Å². The maximum atomic E-state index is 13.4. The lowest BCUT2D eigenvalue weighted by molar-refractivity contribution is -0.115. The van der Waals surface area contributed by atoms with Gasteiger partial charge in [0.25, 0.3) is 5.56 Å². The zero-order chi connectivity index (χ0) is 23.0. The zero-order valence-electron chi connectivity index (χ0n) is 18.7. The number of benzene rings is 2. The summed E-state index contributed by atoms with van der Waals surface area (Å²) in [6.07, 6.45) is 0. The van der Waals surface area contributed by atoms with Crippen LogP contribution in [0.15, 0.2) is 58.5 Å². The van der Waals surface area contributed by atoms with Crippen LogP contribution in [0.4, 0.5) is 5.69 Å². The van der Waals surface area contributed by atoms with Gasteiger partial charge in [0, 0.05) is 7.05 Å². The molecule has 0 saturated carbocycles. The number of aryl methyl sites for hydroxylation is 3. The number of nitrogens with zero attached hydrogens (tertiary/aromatic N) is 4. The molecule has 0 aliphatic rings. The normalized spacial score (nSPS) is 12.2. The third kappa shape index (κ3) is 4.05. The number of amides is 1. The molecule has 0 aliphatic heterocycles. The largest absolute Gasteiger partial charge is 0.322 e.